The first-order valence-corrected chi connectivity index (χ1v) is 7.62. The van der Waals surface area contributed by atoms with Gasteiger partial charge in [-0.1, -0.05) is 30.5 Å². The molecular weight excluding hydrogens is 286 g/mol. The molecule has 1 N–H and O–H groups in total. The standard InChI is InChI=1S/C13H16ClNO3S/c1-3-7-15(8-4-2)19(17,18)13-9-11(10-16)5-6-12(13)14/h1,5-6,9,16H,4,7-8,10H2,2H3. The number of halogens is 1. The summed E-state index contributed by atoms with van der Waals surface area (Å²) in [7, 11) is -3.74. The molecule has 0 bridgehead atoms. The van der Waals surface area contributed by atoms with Gasteiger partial charge in [-0.2, -0.15) is 4.31 Å². The SMILES string of the molecule is C#CCN(CCC)S(=O)(=O)c1cc(CO)ccc1Cl. The Morgan fingerprint density at radius 1 is 1.47 bits per heavy atom. The second kappa shape index (κ2) is 6.92. The molecular formula is C13H16ClNO3S. The summed E-state index contributed by atoms with van der Waals surface area (Å²) in [5.41, 5.74) is 0.486. The third-order valence-electron chi connectivity index (χ3n) is 2.54. The highest BCUT2D eigenvalue weighted by Crippen LogP contribution is 2.26. The monoisotopic (exact) mass is 301 g/mol. The van der Waals surface area contributed by atoms with Crippen molar-refractivity contribution < 1.29 is 13.5 Å². The van der Waals surface area contributed by atoms with Crippen LogP contribution in [0.15, 0.2) is 23.1 Å². The van der Waals surface area contributed by atoms with E-state index >= 15 is 0 Å². The molecule has 0 heterocycles. The number of aliphatic hydroxyl groups is 1. The van der Waals surface area contributed by atoms with Gasteiger partial charge in [0.15, 0.2) is 0 Å². The molecule has 0 aliphatic carbocycles. The lowest BCUT2D eigenvalue weighted by Crippen LogP contribution is -2.32. The van der Waals surface area contributed by atoms with Crippen LogP contribution in [0.3, 0.4) is 0 Å². The molecule has 4 nitrogen and oxygen atoms in total. The molecule has 1 rings (SSSR count). The minimum Gasteiger partial charge on any atom is -0.392 e. The number of nitrogens with zero attached hydrogens (tertiary/aromatic N) is 1. The Hall–Kier alpha value is -1.06. The summed E-state index contributed by atoms with van der Waals surface area (Å²) < 4.78 is 26.1. The van der Waals surface area contributed by atoms with Gasteiger partial charge in [0.25, 0.3) is 0 Å². The van der Waals surface area contributed by atoms with Crippen LogP contribution < -0.4 is 0 Å². The van der Waals surface area contributed by atoms with Crippen molar-refractivity contribution in [1.82, 2.24) is 4.31 Å². The molecule has 0 amide bonds. The summed E-state index contributed by atoms with van der Waals surface area (Å²) in [5, 5.41) is 9.20. The van der Waals surface area contributed by atoms with Crippen molar-refractivity contribution in [2.24, 2.45) is 0 Å². The number of aliphatic hydroxyl groups excluding tert-OH is 1. The van der Waals surface area contributed by atoms with Crippen molar-refractivity contribution in [3.05, 3.63) is 28.8 Å². The fourth-order valence-electron chi connectivity index (χ4n) is 1.62. The van der Waals surface area contributed by atoms with Gasteiger partial charge in [-0.05, 0) is 24.1 Å². The molecule has 0 aliphatic rings. The zero-order chi connectivity index (χ0) is 14.5. The van der Waals surface area contributed by atoms with Gasteiger partial charge in [0.05, 0.1) is 18.2 Å². The maximum absolute atomic E-state index is 12.5. The minimum absolute atomic E-state index is 0.00411. The van der Waals surface area contributed by atoms with Gasteiger partial charge in [0.1, 0.15) is 4.90 Å². The van der Waals surface area contributed by atoms with Gasteiger partial charge in [-0.3, -0.25) is 0 Å². The molecule has 0 aliphatic heterocycles. The maximum Gasteiger partial charge on any atom is 0.245 e. The normalized spacial score (nSPS) is 11.5. The largest absolute Gasteiger partial charge is 0.392 e. The van der Waals surface area contributed by atoms with Gasteiger partial charge in [0, 0.05) is 6.54 Å². The third kappa shape index (κ3) is 3.71. The van der Waals surface area contributed by atoms with Crippen molar-refractivity contribution in [2.45, 2.75) is 24.8 Å². The highest BCUT2D eigenvalue weighted by atomic mass is 35.5. The second-order valence-electron chi connectivity index (χ2n) is 3.97. The Labute approximate surface area is 119 Å². The predicted molar refractivity (Wildman–Crippen MR) is 75.3 cm³/mol. The van der Waals surface area contributed by atoms with E-state index in [0.29, 0.717) is 18.5 Å². The summed E-state index contributed by atoms with van der Waals surface area (Å²) in [5.74, 6) is 2.33. The van der Waals surface area contributed by atoms with Crippen molar-refractivity contribution in [1.29, 1.82) is 0 Å². The fourth-order valence-corrected chi connectivity index (χ4v) is 3.59. The van der Waals surface area contributed by atoms with Gasteiger partial charge in [0.2, 0.25) is 10.0 Å². The minimum atomic E-state index is -3.74. The smallest absolute Gasteiger partial charge is 0.245 e. The molecule has 0 saturated heterocycles. The van der Waals surface area contributed by atoms with Gasteiger partial charge >= 0.3 is 0 Å². The molecule has 104 valence electrons. The van der Waals surface area contributed by atoms with E-state index in [1.54, 1.807) is 6.07 Å². The second-order valence-corrected chi connectivity index (χ2v) is 6.28. The number of terminal acetylenes is 1. The van der Waals surface area contributed by atoms with Crippen LogP contribution in [0, 0.1) is 12.3 Å². The molecule has 0 spiro atoms. The Kier molecular flexibility index (Phi) is 5.83. The van der Waals surface area contributed by atoms with Crippen LogP contribution in [0.1, 0.15) is 18.9 Å². The molecule has 19 heavy (non-hydrogen) atoms. The summed E-state index contributed by atoms with van der Waals surface area (Å²) in [6.45, 7) is 1.94. The zero-order valence-electron chi connectivity index (χ0n) is 10.6. The molecule has 1 aromatic rings. The van der Waals surface area contributed by atoms with E-state index in [4.69, 9.17) is 23.1 Å². The van der Waals surface area contributed by atoms with E-state index < -0.39 is 10.0 Å². The average molecular weight is 302 g/mol. The molecule has 0 saturated carbocycles. The van der Waals surface area contributed by atoms with Crippen molar-refractivity contribution >= 4 is 21.6 Å². The van der Waals surface area contributed by atoms with Gasteiger partial charge < -0.3 is 5.11 Å². The van der Waals surface area contributed by atoms with E-state index in [-0.39, 0.29) is 23.1 Å². The van der Waals surface area contributed by atoms with Crippen LogP contribution in [0.4, 0.5) is 0 Å². The van der Waals surface area contributed by atoms with Crippen LogP contribution >= 0.6 is 11.6 Å². The lowest BCUT2D eigenvalue weighted by molar-refractivity contribution is 0.281. The molecule has 0 unspecified atom stereocenters. The quantitative estimate of drug-likeness (QED) is 0.816. The zero-order valence-corrected chi connectivity index (χ0v) is 12.2. The summed E-state index contributed by atoms with van der Waals surface area (Å²) >= 11 is 5.94. The van der Waals surface area contributed by atoms with Crippen molar-refractivity contribution in [3.63, 3.8) is 0 Å². The van der Waals surface area contributed by atoms with E-state index in [0.717, 1.165) is 0 Å². The van der Waals surface area contributed by atoms with E-state index in [1.807, 2.05) is 6.92 Å². The van der Waals surface area contributed by atoms with Gasteiger partial charge in [-0.15, -0.1) is 6.42 Å². The lowest BCUT2D eigenvalue weighted by atomic mass is 10.2. The highest BCUT2D eigenvalue weighted by Gasteiger charge is 2.25. The summed E-state index contributed by atoms with van der Waals surface area (Å²) in [6, 6.07) is 4.41. The highest BCUT2D eigenvalue weighted by molar-refractivity contribution is 7.89. The Bertz CT molecular complexity index is 578. The van der Waals surface area contributed by atoms with Crippen LogP contribution in [-0.4, -0.2) is 30.9 Å². The first-order valence-electron chi connectivity index (χ1n) is 5.80. The summed E-state index contributed by atoms with van der Waals surface area (Å²) in [6.07, 6.45) is 5.85. The van der Waals surface area contributed by atoms with Gasteiger partial charge in [-0.25, -0.2) is 8.42 Å². The predicted octanol–water partition coefficient (Wildman–Crippen LogP) is 1.87. The Morgan fingerprint density at radius 2 is 2.16 bits per heavy atom. The van der Waals surface area contributed by atoms with E-state index in [2.05, 4.69) is 5.92 Å². The molecule has 0 atom stereocenters. The van der Waals surface area contributed by atoms with E-state index in [1.165, 1.54) is 16.4 Å². The van der Waals surface area contributed by atoms with Crippen LogP contribution in [0.25, 0.3) is 0 Å². The maximum atomic E-state index is 12.5. The fraction of sp³-hybridized carbons (Fsp3) is 0.385. The third-order valence-corrected chi connectivity index (χ3v) is 4.86. The molecule has 0 radical (unpaired) electrons. The molecule has 0 fully saturated rings. The van der Waals surface area contributed by atoms with Crippen molar-refractivity contribution in [3.8, 4) is 12.3 Å². The number of hydrogen-bond donors (Lipinski definition) is 1. The first-order chi connectivity index (χ1) is 8.97. The first kappa shape index (κ1) is 16.0. The van der Waals surface area contributed by atoms with Crippen molar-refractivity contribution in [2.75, 3.05) is 13.1 Å². The molecule has 0 aromatic heterocycles. The number of benzene rings is 1. The number of sulfonamides is 1. The summed E-state index contributed by atoms with van der Waals surface area (Å²) in [4.78, 5) is -0.0237. The lowest BCUT2D eigenvalue weighted by Gasteiger charge is -2.20. The average Bonchev–Trinajstić information content (AvgIpc) is 2.39. The van der Waals surface area contributed by atoms with Crippen LogP contribution in [0.5, 0.6) is 0 Å². The molecule has 1 aromatic carbocycles. The molecule has 6 heteroatoms. The number of rotatable bonds is 6. The number of hydrogen-bond acceptors (Lipinski definition) is 3. The van der Waals surface area contributed by atoms with Crippen LogP contribution in [0.2, 0.25) is 5.02 Å². The van der Waals surface area contributed by atoms with E-state index in [9.17, 15) is 8.42 Å². The Morgan fingerprint density at radius 3 is 2.68 bits per heavy atom. The Balaban J connectivity index is 3.28. The topological polar surface area (TPSA) is 57.6 Å². The van der Waals surface area contributed by atoms with Crippen LogP contribution in [-0.2, 0) is 16.6 Å².